The van der Waals surface area contributed by atoms with Crippen LogP contribution in [0.2, 0.25) is 0 Å². The smallest absolute Gasteiger partial charge is 0.343 e. The standard InChI is InChI=1S/C21H22F3N3O2/c22-21(23,24)17-9-4-8-16(12-17)20(29)25-13-19(28)26-18-10-5-11-27(18)14-15-6-2-1-3-7-15/h1-4,6-9,12,18H,5,10-11,13-14H2,(H,25,29)(H,26,28). The van der Waals surface area contributed by atoms with Gasteiger partial charge < -0.3 is 10.6 Å². The second-order valence-corrected chi connectivity index (χ2v) is 6.94. The zero-order valence-electron chi connectivity index (χ0n) is 15.7. The molecule has 1 unspecified atom stereocenters. The van der Waals surface area contributed by atoms with E-state index in [9.17, 15) is 22.8 Å². The summed E-state index contributed by atoms with van der Waals surface area (Å²) in [6, 6.07) is 14.0. The second kappa shape index (κ2) is 9.09. The lowest BCUT2D eigenvalue weighted by molar-refractivity contribution is -0.137. The maximum Gasteiger partial charge on any atom is 0.416 e. The molecule has 1 atom stereocenters. The quantitative estimate of drug-likeness (QED) is 0.776. The summed E-state index contributed by atoms with van der Waals surface area (Å²) in [5.41, 5.74) is 0.0998. The molecule has 1 aliphatic heterocycles. The maximum absolute atomic E-state index is 12.8. The molecule has 2 amide bonds. The first kappa shape index (κ1) is 20.9. The summed E-state index contributed by atoms with van der Waals surface area (Å²) in [5, 5.41) is 5.26. The largest absolute Gasteiger partial charge is 0.416 e. The van der Waals surface area contributed by atoms with Gasteiger partial charge in [-0.25, -0.2) is 0 Å². The van der Waals surface area contributed by atoms with Crippen LogP contribution in [-0.4, -0.2) is 36.0 Å². The molecule has 1 heterocycles. The molecular weight excluding hydrogens is 383 g/mol. The number of benzene rings is 2. The van der Waals surface area contributed by atoms with E-state index in [1.54, 1.807) is 0 Å². The van der Waals surface area contributed by atoms with Crippen LogP contribution in [0.1, 0.15) is 34.3 Å². The molecule has 0 spiro atoms. The van der Waals surface area contributed by atoms with Crippen LogP contribution >= 0.6 is 0 Å². The fourth-order valence-electron chi connectivity index (χ4n) is 3.33. The second-order valence-electron chi connectivity index (χ2n) is 6.94. The average Bonchev–Trinajstić information content (AvgIpc) is 3.13. The van der Waals surface area contributed by atoms with Gasteiger partial charge in [0, 0.05) is 18.7 Å². The predicted octanol–water partition coefficient (Wildman–Crippen LogP) is 3.17. The number of rotatable bonds is 6. The zero-order chi connectivity index (χ0) is 20.9. The molecule has 1 saturated heterocycles. The number of nitrogens with zero attached hydrogens (tertiary/aromatic N) is 1. The monoisotopic (exact) mass is 405 g/mol. The Hall–Kier alpha value is -2.87. The third-order valence-corrected chi connectivity index (χ3v) is 4.78. The van der Waals surface area contributed by atoms with E-state index in [-0.39, 0.29) is 24.2 Å². The van der Waals surface area contributed by atoms with Gasteiger partial charge in [-0.1, -0.05) is 36.4 Å². The van der Waals surface area contributed by atoms with E-state index >= 15 is 0 Å². The van der Waals surface area contributed by atoms with Crippen molar-refractivity contribution in [1.82, 2.24) is 15.5 Å². The van der Waals surface area contributed by atoms with Crippen molar-refractivity contribution in [2.24, 2.45) is 0 Å². The van der Waals surface area contributed by atoms with Crippen LogP contribution in [-0.2, 0) is 17.5 Å². The SMILES string of the molecule is O=C(CNC(=O)c1cccc(C(F)(F)F)c1)NC1CCCN1Cc1ccccc1. The highest BCUT2D eigenvalue weighted by Crippen LogP contribution is 2.29. The minimum absolute atomic E-state index is 0.131. The molecule has 2 N–H and O–H groups in total. The molecule has 1 aliphatic rings. The van der Waals surface area contributed by atoms with Gasteiger partial charge >= 0.3 is 6.18 Å². The van der Waals surface area contributed by atoms with Crippen molar-refractivity contribution in [2.45, 2.75) is 31.7 Å². The summed E-state index contributed by atoms with van der Waals surface area (Å²) in [7, 11) is 0. The lowest BCUT2D eigenvalue weighted by Crippen LogP contribution is -2.47. The Kier molecular flexibility index (Phi) is 6.53. The van der Waals surface area contributed by atoms with Gasteiger partial charge in [0.2, 0.25) is 5.91 Å². The predicted molar refractivity (Wildman–Crippen MR) is 102 cm³/mol. The summed E-state index contributed by atoms with van der Waals surface area (Å²) in [4.78, 5) is 26.5. The number of carbonyl (C=O) groups excluding carboxylic acids is 2. The highest BCUT2D eigenvalue weighted by atomic mass is 19.4. The van der Waals surface area contributed by atoms with Crippen LogP contribution in [0.4, 0.5) is 13.2 Å². The highest BCUT2D eigenvalue weighted by Gasteiger charge is 2.31. The van der Waals surface area contributed by atoms with Crippen molar-refractivity contribution < 1.29 is 22.8 Å². The van der Waals surface area contributed by atoms with Crippen LogP contribution in [0.15, 0.2) is 54.6 Å². The number of carbonyl (C=O) groups is 2. The highest BCUT2D eigenvalue weighted by molar-refractivity contribution is 5.96. The van der Waals surface area contributed by atoms with Crippen LogP contribution < -0.4 is 10.6 Å². The lowest BCUT2D eigenvalue weighted by Gasteiger charge is -2.25. The van der Waals surface area contributed by atoms with Crippen LogP contribution in [0.3, 0.4) is 0 Å². The summed E-state index contributed by atoms with van der Waals surface area (Å²) in [5.74, 6) is -1.10. The van der Waals surface area contributed by atoms with E-state index in [4.69, 9.17) is 0 Å². The molecule has 29 heavy (non-hydrogen) atoms. The summed E-state index contributed by atoms with van der Waals surface area (Å²) in [6.45, 7) is 1.27. The number of hydrogen-bond acceptors (Lipinski definition) is 3. The molecule has 0 bridgehead atoms. The number of halogens is 3. The van der Waals surface area contributed by atoms with Crippen LogP contribution in [0.25, 0.3) is 0 Å². The Bertz CT molecular complexity index is 856. The molecule has 5 nitrogen and oxygen atoms in total. The van der Waals surface area contributed by atoms with Crippen molar-refractivity contribution in [3.05, 3.63) is 71.3 Å². The van der Waals surface area contributed by atoms with E-state index in [1.165, 1.54) is 6.07 Å². The molecule has 8 heteroatoms. The van der Waals surface area contributed by atoms with Gasteiger partial charge in [-0.3, -0.25) is 14.5 Å². The zero-order valence-corrected chi connectivity index (χ0v) is 15.7. The van der Waals surface area contributed by atoms with Crippen molar-refractivity contribution >= 4 is 11.8 Å². The summed E-state index contributed by atoms with van der Waals surface area (Å²) < 4.78 is 38.3. The number of alkyl halides is 3. The van der Waals surface area contributed by atoms with Crippen molar-refractivity contribution in [2.75, 3.05) is 13.1 Å². The Morgan fingerprint density at radius 2 is 1.83 bits per heavy atom. The molecule has 2 aromatic carbocycles. The minimum Gasteiger partial charge on any atom is -0.343 e. The summed E-state index contributed by atoms with van der Waals surface area (Å²) >= 11 is 0. The Morgan fingerprint density at radius 1 is 1.07 bits per heavy atom. The van der Waals surface area contributed by atoms with Gasteiger partial charge in [0.05, 0.1) is 18.3 Å². The van der Waals surface area contributed by atoms with Gasteiger partial charge in [-0.15, -0.1) is 0 Å². The van der Waals surface area contributed by atoms with E-state index in [2.05, 4.69) is 15.5 Å². The third kappa shape index (κ3) is 5.80. The third-order valence-electron chi connectivity index (χ3n) is 4.78. The fraction of sp³-hybridized carbons (Fsp3) is 0.333. The lowest BCUT2D eigenvalue weighted by atomic mass is 10.1. The normalized spacial score (nSPS) is 17.1. The first-order valence-corrected chi connectivity index (χ1v) is 9.36. The molecular formula is C21H22F3N3O2. The van der Waals surface area contributed by atoms with E-state index in [1.807, 2.05) is 30.3 Å². The molecule has 1 fully saturated rings. The number of amides is 2. The Balaban J connectivity index is 1.51. The molecule has 0 aromatic heterocycles. The fourth-order valence-corrected chi connectivity index (χ4v) is 3.33. The molecule has 0 radical (unpaired) electrons. The Morgan fingerprint density at radius 3 is 2.55 bits per heavy atom. The minimum atomic E-state index is -4.53. The van der Waals surface area contributed by atoms with Gasteiger partial charge in [0.1, 0.15) is 0 Å². The first-order valence-electron chi connectivity index (χ1n) is 9.36. The van der Waals surface area contributed by atoms with Gasteiger partial charge in [0.25, 0.3) is 5.91 Å². The first-order chi connectivity index (χ1) is 13.8. The number of hydrogen-bond donors (Lipinski definition) is 2. The van der Waals surface area contributed by atoms with Crippen LogP contribution in [0.5, 0.6) is 0 Å². The van der Waals surface area contributed by atoms with Gasteiger partial charge in [-0.05, 0) is 36.6 Å². The van der Waals surface area contributed by atoms with Crippen molar-refractivity contribution in [3.8, 4) is 0 Å². The molecule has 2 aromatic rings. The molecule has 0 saturated carbocycles. The summed E-state index contributed by atoms with van der Waals surface area (Å²) in [6.07, 6.45) is -2.90. The maximum atomic E-state index is 12.8. The average molecular weight is 405 g/mol. The molecule has 3 rings (SSSR count). The van der Waals surface area contributed by atoms with Crippen LogP contribution in [0, 0.1) is 0 Å². The van der Waals surface area contributed by atoms with Crippen molar-refractivity contribution in [1.29, 1.82) is 0 Å². The van der Waals surface area contributed by atoms with E-state index in [0.29, 0.717) is 6.54 Å². The van der Waals surface area contributed by atoms with E-state index < -0.39 is 17.6 Å². The van der Waals surface area contributed by atoms with E-state index in [0.717, 1.165) is 43.1 Å². The van der Waals surface area contributed by atoms with Gasteiger partial charge in [0.15, 0.2) is 0 Å². The topological polar surface area (TPSA) is 61.4 Å². The van der Waals surface area contributed by atoms with Crippen molar-refractivity contribution in [3.63, 3.8) is 0 Å². The molecule has 0 aliphatic carbocycles. The molecule has 154 valence electrons. The number of nitrogens with one attached hydrogen (secondary N) is 2. The number of likely N-dealkylation sites (tertiary alicyclic amines) is 1. The Labute approximate surface area is 166 Å². The van der Waals surface area contributed by atoms with Gasteiger partial charge in [-0.2, -0.15) is 13.2 Å².